The van der Waals surface area contributed by atoms with Gasteiger partial charge in [-0.25, -0.2) is 0 Å². The number of unbranched alkanes of at least 4 members (excludes halogenated alkanes) is 22. The van der Waals surface area contributed by atoms with Crippen molar-refractivity contribution in [2.24, 2.45) is 0 Å². The van der Waals surface area contributed by atoms with Crippen LogP contribution in [0.3, 0.4) is 0 Å². The first kappa shape index (κ1) is 47.3. The Morgan fingerprint density at radius 2 is 0.511 bits per heavy atom. The molecule has 0 atom stereocenters. The van der Waals surface area contributed by atoms with Crippen molar-refractivity contribution in [2.45, 2.75) is 201 Å². The Morgan fingerprint density at radius 3 is 0.733 bits per heavy atom. The molecular weight excluding hydrogens is 597 g/mol. The summed E-state index contributed by atoms with van der Waals surface area (Å²) >= 11 is 0. The number of hydrogen-bond donors (Lipinski definition) is 0. The molecule has 0 saturated heterocycles. The van der Waals surface area contributed by atoms with Crippen LogP contribution in [0.15, 0.2) is 0 Å². The Morgan fingerprint density at radius 1 is 0.289 bits per heavy atom. The van der Waals surface area contributed by atoms with Gasteiger partial charge in [-0.2, -0.15) is 0 Å². The summed E-state index contributed by atoms with van der Waals surface area (Å²) < 4.78 is 34.0. The molecule has 274 valence electrons. The van der Waals surface area contributed by atoms with Crippen LogP contribution in [0.4, 0.5) is 0 Å². The minimum atomic E-state index is -2.39. The van der Waals surface area contributed by atoms with Crippen molar-refractivity contribution in [2.75, 3.05) is 41.2 Å². The molecular formula is C37H82O6Si2. The van der Waals surface area contributed by atoms with E-state index >= 15 is 0 Å². The van der Waals surface area contributed by atoms with Gasteiger partial charge in [-0.15, -0.1) is 0 Å². The molecule has 0 spiro atoms. The molecule has 0 aromatic rings. The molecule has 0 aromatic heterocycles. The van der Waals surface area contributed by atoms with Gasteiger partial charge in [-0.05, 0) is 33.6 Å². The van der Waals surface area contributed by atoms with Crippen molar-refractivity contribution in [3.05, 3.63) is 0 Å². The fraction of sp³-hybridized carbons (Fsp3) is 1.00. The lowest BCUT2D eigenvalue weighted by molar-refractivity contribution is 0.0706. The van der Waals surface area contributed by atoms with Crippen molar-refractivity contribution in [1.82, 2.24) is 0 Å². The van der Waals surface area contributed by atoms with E-state index in [0.29, 0.717) is 19.8 Å². The first-order chi connectivity index (χ1) is 22.0. The smallest absolute Gasteiger partial charge is 0.377 e. The fourth-order valence-electron chi connectivity index (χ4n) is 5.92. The Kier molecular flexibility index (Phi) is 38.9. The Hall–Kier alpha value is 0.194. The first-order valence-corrected chi connectivity index (χ1v) is 23.4. The van der Waals surface area contributed by atoms with Gasteiger partial charge in [-0.1, -0.05) is 155 Å². The van der Waals surface area contributed by atoms with Crippen LogP contribution in [0, 0.1) is 0 Å². The van der Waals surface area contributed by atoms with E-state index in [1.165, 1.54) is 148 Å². The van der Waals surface area contributed by atoms with Crippen LogP contribution in [-0.2, 0) is 26.6 Å². The molecule has 0 bridgehead atoms. The zero-order valence-electron chi connectivity index (χ0n) is 32.0. The predicted molar refractivity (Wildman–Crippen MR) is 199 cm³/mol. The second kappa shape index (κ2) is 37.0. The van der Waals surface area contributed by atoms with E-state index in [9.17, 15) is 0 Å². The maximum absolute atomic E-state index is 5.89. The quantitative estimate of drug-likeness (QED) is 0.0491. The van der Waals surface area contributed by atoms with Gasteiger partial charge in [0.1, 0.15) is 0 Å². The lowest BCUT2D eigenvalue weighted by Crippen LogP contribution is -2.45. The summed E-state index contributed by atoms with van der Waals surface area (Å²) in [4.78, 5) is 0. The molecule has 0 radical (unpaired) electrons. The second-order valence-corrected chi connectivity index (χ2v) is 18.4. The number of hydrogen-bond acceptors (Lipinski definition) is 6. The summed E-state index contributed by atoms with van der Waals surface area (Å²) in [6, 6.07) is 1.91. The third-order valence-electron chi connectivity index (χ3n) is 8.70. The number of rotatable bonds is 35. The monoisotopic (exact) mass is 679 g/mol. The molecule has 0 aliphatic rings. The summed E-state index contributed by atoms with van der Waals surface area (Å²) in [6.45, 7) is 12.7. The zero-order chi connectivity index (χ0) is 33.7. The highest BCUT2D eigenvalue weighted by Crippen LogP contribution is 2.21. The van der Waals surface area contributed by atoms with Gasteiger partial charge >= 0.3 is 17.6 Å². The standard InChI is InChI=1S/C19H42O3Si.C18H40O3Si/c1-5-6-7-8-9-10-11-12-13-14-15-16-17-18-19-23(20-2,21-3)22-4;1-5-9-10-11-12-13-14-15-16-17-18-22(19-6-2,20-7-3)21-8-4/h5-19H2,1-4H3;5-18H2,1-4H3. The topological polar surface area (TPSA) is 55.4 Å². The molecule has 0 aromatic carbocycles. The highest BCUT2D eigenvalue weighted by molar-refractivity contribution is 6.61. The van der Waals surface area contributed by atoms with Gasteiger partial charge < -0.3 is 26.6 Å². The minimum absolute atomic E-state index is 0.685. The normalized spacial score (nSPS) is 12.0. The molecule has 0 N–H and O–H groups in total. The molecule has 0 aliphatic carbocycles. The SMILES string of the molecule is CCCCCCCCCCCCCCCC[Si](OC)(OC)OC.CCCCCCCCCCCC[Si](OCC)(OCC)OCC. The van der Waals surface area contributed by atoms with Gasteiger partial charge in [0.2, 0.25) is 0 Å². The van der Waals surface area contributed by atoms with Crippen molar-refractivity contribution in [3.63, 3.8) is 0 Å². The van der Waals surface area contributed by atoms with E-state index < -0.39 is 17.6 Å². The van der Waals surface area contributed by atoms with Crippen LogP contribution in [0.25, 0.3) is 0 Å². The van der Waals surface area contributed by atoms with Gasteiger partial charge in [-0.3, -0.25) is 0 Å². The molecule has 6 nitrogen and oxygen atoms in total. The summed E-state index contributed by atoms with van der Waals surface area (Å²) in [6.07, 6.45) is 32.9. The van der Waals surface area contributed by atoms with Gasteiger partial charge in [0.25, 0.3) is 0 Å². The third-order valence-corrected chi connectivity index (χ3v) is 14.7. The maximum Gasteiger partial charge on any atom is 0.500 e. The maximum atomic E-state index is 5.89. The van der Waals surface area contributed by atoms with Crippen molar-refractivity contribution in [1.29, 1.82) is 0 Å². The molecule has 0 saturated carbocycles. The van der Waals surface area contributed by atoms with Gasteiger partial charge in [0.15, 0.2) is 0 Å². The molecule has 0 fully saturated rings. The van der Waals surface area contributed by atoms with Crippen LogP contribution in [-0.4, -0.2) is 58.8 Å². The fourth-order valence-corrected chi connectivity index (χ4v) is 10.4. The molecule has 0 aliphatic heterocycles. The average molecular weight is 679 g/mol. The molecule has 0 rings (SSSR count). The Labute approximate surface area is 285 Å². The van der Waals surface area contributed by atoms with Crippen LogP contribution >= 0.6 is 0 Å². The van der Waals surface area contributed by atoms with Crippen LogP contribution in [0.1, 0.15) is 189 Å². The minimum Gasteiger partial charge on any atom is -0.377 e. The molecule has 8 heteroatoms. The Bertz CT molecular complexity index is 526. The van der Waals surface area contributed by atoms with E-state index in [1.54, 1.807) is 21.3 Å². The van der Waals surface area contributed by atoms with E-state index in [0.717, 1.165) is 18.5 Å². The summed E-state index contributed by atoms with van der Waals surface area (Å²) in [5, 5.41) is 0. The molecule has 0 unspecified atom stereocenters. The van der Waals surface area contributed by atoms with Crippen molar-refractivity contribution < 1.29 is 26.6 Å². The van der Waals surface area contributed by atoms with Crippen molar-refractivity contribution in [3.8, 4) is 0 Å². The first-order valence-electron chi connectivity index (χ1n) is 19.6. The second-order valence-electron chi connectivity index (χ2n) is 12.6. The zero-order valence-corrected chi connectivity index (χ0v) is 34.0. The molecule has 0 heterocycles. The molecule has 45 heavy (non-hydrogen) atoms. The largest absolute Gasteiger partial charge is 0.500 e. The summed E-state index contributed by atoms with van der Waals surface area (Å²) in [5.41, 5.74) is 0. The average Bonchev–Trinajstić information content (AvgIpc) is 3.05. The summed E-state index contributed by atoms with van der Waals surface area (Å²) in [7, 11) is 0.386. The third kappa shape index (κ3) is 30.0. The van der Waals surface area contributed by atoms with Gasteiger partial charge in [0, 0.05) is 53.2 Å². The summed E-state index contributed by atoms with van der Waals surface area (Å²) in [5.74, 6) is 0. The molecule has 0 amide bonds. The van der Waals surface area contributed by atoms with Crippen LogP contribution < -0.4 is 0 Å². The highest BCUT2D eigenvalue weighted by Gasteiger charge is 2.39. The van der Waals surface area contributed by atoms with E-state index in [-0.39, 0.29) is 0 Å². The van der Waals surface area contributed by atoms with E-state index in [1.807, 2.05) is 20.8 Å². The highest BCUT2D eigenvalue weighted by atomic mass is 28.4. The van der Waals surface area contributed by atoms with Crippen LogP contribution in [0.5, 0.6) is 0 Å². The lowest BCUT2D eigenvalue weighted by atomic mass is 10.0. The Balaban J connectivity index is 0. The predicted octanol–water partition coefficient (Wildman–Crippen LogP) is 12.3. The van der Waals surface area contributed by atoms with E-state index in [4.69, 9.17) is 26.6 Å². The lowest BCUT2D eigenvalue weighted by Gasteiger charge is -2.28. The van der Waals surface area contributed by atoms with Crippen LogP contribution in [0.2, 0.25) is 12.1 Å². The van der Waals surface area contributed by atoms with Gasteiger partial charge in [0.05, 0.1) is 0 Å². The van der Waals surface area contributed by atoms with E-state index in [2.05, 4.69) is 13.8 Å². The van der Waals surface area contributed by atoms with Crippen molar-refractivity contribution >= 4 is 17.6 Å².